The van der Waals surface area contributed by atoms with E-state index in [2.05, 4.69) is 15.0 Å². The van der Waals surface area contributed by atoms with Crippen LogP contribution in [0.25, 0.3) is 11.0 Å². The van der Waals surface area contributed by atoms with Crippen LogP contribution in [0.15, 0.2) is 24.8 Å². The van der Waals surface area contributed by atoms with Gasteiger partial charge < -0.3 is 4.98 Å². The predicted molar refractivity (Wildman–Crippen MR) is 69.8 cm³/mol. The Kier molecular flexibility index (Phi) is 5.73. The highest BCUT2D eigenvalue weighted by molar-refractivity contribution is 7.85. The second-order valence-corrected chi connectivity index (χ2v) is 5.36. The fraction of sp³-hybridized carbons (Fsp3) is 0.455. The first kappa shape index (κ1) is 14.6. The van der Waals surface area contributed by atoms with Crippen LogP contribution in [0.1, 0.15) is 26.2 Å². The van der Waals surface area contributed by atoms with Gasteiger partial charge in [-0.3, -0.25) is 4.55 Å². The summed E-state index contributed by atoms with van der Waals surface area (Å²) in [5.41, 5.74) is 1.95. The summed E-state index contributed by atoms with van der Waals surface area (Å²) in [6.07, 6.45) is 7.53. The van der Waals surface area contributed by atoms with Crippen molar-refractivity contribution in [3.8, 4) is 0 Å². The minimum atomic E-state index is -3.70. The van der Waals surface area contributed by atoms with Crippen LogP contribution in [-0.2, 0) is 10.1 Å². The van der Waals surface area contributed by atoms with Crippen LogP contribution >= 0.6 is 0 Å². The molecule has 2 aromatic heterocycles. The maximum absolute atomic E-state index is 10.1. The summed E-state index contributed by atoms with van der Waals surface area (Å²) >= 11 is 0. The fourth-order valence-electron chi connectivity index (χ4n) is 1.33. The summed E-state index contributed by atoms with van der Waals surface area (Å²) in [4.78, 5) is 10.8. The van der Waals surface area contributed by atoms with E-state index in [-0.39, 0.29) is 5.75 Å². The number of rotatable bonds is 4. The van der Waals surface area contributed by atoms with Crippen molar-refractivity contribution in [3.63, 3.8) is 0 Å². The zero-order valence-electron chi connectivity index (χ0n) is 10.2. The summed E-state index contributed by atoms with van der Waals surface area (Å²) in [6.45, 7) is 1.98. The third kappa shape index (κ3) is 5.74. The number of unbranched alkanes of at least 4 members (excludes halogenated alkanes) is 2. The molecule has 0 radical (unpaired) electrons. The Balaban J connectivity index is 0.000000180. The Bertz CT molecular complexity index is 535. The quantitative estimate of drug-likeness (QED) is 0.655. The minimum Gasteiger partial charge on any atom is -0.359 e. The van der Waals surface area contributed by atoms with Crippen LogP contribution in [-0.4, -0.2) is 33.7 Å². The summed E-state index contributed by atoms with van der Waals surface area (Å²) in [7, 11) is -3.70. The monoisotopic (exact) mass is 271 g/mol. The third-order valence-corrected chi connectivity index (χ3v) is 3.03. The molecule has 0 spiro atoms. The SMILES string of the molecule is CCCCCS(=O)(=O)O.c1ncc2[nH]ccc2n1. The fourth-order valence-corrected chi connectivity index (χ4v) is 1.90. The average Bonchev–Trinajstić information content (AvgIpc) is 2.76. The van der Waals surface area contributed by atoms with Gasteiger partial charge in [-0.05, 0) is 12.5 Å². The summed E-state index contributed by atoms with van der Waals surface area (Å²) < 4.78 is 28.3. The summed E-state index contributed by atoms with van der Waals surface area (Å²) in [5, 5.41) is 0. The molecule has 18 heavy (non-hydrogen) atoms. The Hall–Kier alpha value is -1.47. The average molecular weight is 271 g/mol. The van der Waals surface area contributed by atoms with E-state index in [4.69, 9.17) is 4.55 Å². The number of nitrogens with zero attached hydrogens (tertiary/aromatic N) is 2. The highest BCUT2D eigenvalue weighted by Crippen LogP contribution is 2.03. The Morgan fingerprint density at radius 2 is 2.17 bits per heavy atom. The van der Waals surface area contributed by atoms with Gasteiger partial charge in [0.25, 0.3) is 10.1 Å². The molecule has 0 aliphatic carbocycles. The van der Waals surface area contributed by atoms with Crippen LogP contribution in [0.5, 0.6) is 0 Å². The molecule has 0 saturated heterocycles. The standard InChI is InChI=1S/C6H5N3.C5H12O3S/c1-2-8-6-3-7-4-9-5(1)6;1-2-3-4-5-9(6,7)8/h1-4,8H;2-5H2,1H3,(H,6,7,8). The molecule has 0 bridgehead atoms. The molecule has 0 aliphatic rings. The summed E-state index contributed by atoms with van der Waals surface area (Å²) in [5.74, 6) is -0.0964. The van der Waals surface area contributed by atoms with Gasteiger partial charge in [-0.2, -0.15) is 8.42 Å². The van der Waals surface area contributed by atoms with Gasteiger partial charge in [-0.25, -0.2) is 9.97 Å². The van der Waals surface area contributed by atoms with E-state index in [9.17, 15) is 8.42 Å². The normalized spacial score (nSPS) is 11.0. The second-order valence-electron chi connectivity index (χ2n) is 3.79. The third-order valence-electron chi connectivity index (χ3n) is 2.23. The number of aromatic nitrogens is 3. The van der Waals surface area contributed by atoms with Crippen LogP contribution < -0.4 is 0 Å². The van der Waals surface area contributed by atoms with Crippen molar-refractivity contribution in [3.05, 3.63) is 24.8 Å². The molecule has 7 heteroatoms. The number of hydrogen-bond acceptors (Lipinski definition) is 4. The van der Waals surface area contributed by atoms with Gasteiger partial charge in [0.15, 0.2) is 0 Å². The molecule has 2 heterocycles. The van der Waals surface area contributed by atoms with Crippen LogP contribution in [0.4, 0.5) is 0 Å². The first-order chi connectivity index (χ1) is 8.53. The molecule has 6 nitrogen and oxygen atoms in total. The van der Waals surface area contributed by atoms with E-state index in [0.717, 1.165) is 23.9 Å². The van der Waals surface area contributed by atoms with Crippen LogP contribution in [0.2, 0.25) is 0 Å². The number of aromatic amines is 1. The zero-order valence-corrected chi connectivity index (χ0v) is 11.0. The molecule has 0 fully saturated rings. The maximum Gasteiger partial charge on any atom is 0.264 e. The Morgan fingerprint density at radius 1 is 1.39 bits per heavy atom. The molecular formula is C11H17N3O3S. The van der Waals surface area contributed by atoms with Gasteiger partial charge in [0.2, 0.25) is 0 Å². The zero-order chi connectivity index (χ0) is 13.4. The molecule has 2 N–H and O–H groups in total. The first-order valence-electron chi connectivity index (χ1n) is 5.71. The van der Waals surface area contributed by atoms with Gasteiger partial charge in [0.1, 0.15) is 6.33 Å². The lowest BCUT2D eigenvalue weighted by molar-refractivity contribution is 0.480. The van der Waals surface area contributed by atoms with E-state index in [0.29, 0.717) is 6.42 Å². The number of fused-ring (bicyclic) bond motifs is 1. The van der Waals surface area contributed by atoms with E-state index >= 15 is 0 Å². The highest BCUT2D eigenvalue weighted by atomic mass is 32.2. The molecule has 0 atom stereocenters. The maximum atomic E-state index is 10.1. The molecule has 2 rings (SSSR count). The molecule has 0 amide bonds. The van der Waals surface area contributed by atoms with Crippen molar-refractivity contribution in [2.45, 2.75) is 26.2 Å². The van der Waals surface area contributed by atoms with Gasteiger partial charge in [0.05, 0.1) is 23.0 Å². The van der Waals surface area contributed by atoms with Crippen molar-refractivity contribution >= 4 is 21.2 Å². The summed E-state index contributed by atoms with van der Waals surface area (Å²) in [6, 6.07) is 1.91. The van der Waals surface area contributed by atoms with Crippen LogP contribution in [0, 0.1) is 0 Å². The number of H-pyrrole nitrogens is 1. The van der Waals surface area contributed by atoms with Gasteiger partial charge in [-0.1, -0.05) is 19.8 Å². The minimum absolute atomic E-state index is 0.0964. The van der Waals surface area contributed by atoms with Crippen LogP contribution in [0.3, 0.4) is 0 Å². The molecule has 100 valence electrons. The second kappa shape index (κ2) is 7.07. The molecule has 0 aliphatic heterocycles. The highest BCUT2D eigenvalue weighted by Gasteiger charge is 2.01. The lowest BCUT2D eigenvalue weighted by Gasteiger charge is -1.92. The first-order valence-corrected chi connectivity index (χ1v) is 7.32. The van der Waals surface area contributed by atoms with E-state index < -0.39 is 10.1 Å². The van der Waals surface area contributed by atoms with E-state index in [1.807, 2.05) is 19.2 Å². The van der Waals surface area contributed by atoms with Crippen molar-refractivity contribution in [1.29, 1.82) is 0 Å². The molecule has 0 unspecified atom stereocenters. The number of hydrogen-bond donors (Lipinski definition) is 2. The Labute approximate surface area is 106 Å². The predicted octanol–water partition coefficient (Wildman–Crippen LogP) is 2.02. The molecule has 2 aromatic rings. The van der Waals surface area contributed by atoms with Crippen molar-refractivity contribution in [1.82, 2.24) is 15.0 Å². The lowest BCUT2D eigenvalue weighted by atomic mass is 10.3. The Morgan fingerprint density at radius 3 is 2.78 bits per heavy atom. The number of nitrogens with one attached hydrogen (secondary N) is 1. The van der Waals surface area contributed by atoms with Crippen molar-refractivity contribution in [2.75, 3.05) is 5.75 Å². The van der Waals surface area contributed by atoms with Gasteiger partial charge in [-0.15, -0.1) is 0 Å². The van der Waals surface area contributed by atoms with Gasteiger partial charge in [0, 0.05) is 6.20 Å². The van der Waals surface area contributed by atoms with Gasteiger partial charge >= 0.3 is 0 Å². The van der Waals surface area contributed by atoms with Crippen molar-refractivity contribution < 1.29 is 13.0 Å². The van der Waals surface area contributed by atoms with Crippen molar-refractivity contribution in [2.24, 2.45) is 0 Å². The smallest absolute Gasteiger partial charge is 0.264 e. The topological polar surface area (TPSA) is 95.9 Å². The van der Waals surface area contributed by atoms with E-state index in [1.54, 1.807) is 6.20 Å². The molecule has 0 saturated carbocycles. The molecule has 0 aromatic carbocycles. The largest absolute Gasteiger partial charge is 0.359 e. The van der Waals surface area contributed by atoms with E-state index in [1.165, 1.54) is 6.33 Å². The lowest BCUT2D eigenvalue weighted by Crippen LogP contribution is -2.02. The molecular weight excluding hydrogens is 254 g/mol.